The second-order valence-electron chi connectivity index (χ2n) is 6.25. The second-order valence-corrected chi connectivity index (χ2v) is 6.25. The van der Waals surface area contributed by atoms with E-state index in [4.69, 9.17) is 17.9 Å². The van der Waals surface area contributed by atoms with Crippen LogP contribution in [0.5, 0.6) is 0 Å². The lowest BCUT2D eigenvalue weighted by Gasteiger charge is -2.49. The molecule has 122 valence electrons. The molecule has 0 saturated carbocycles. The Morgan fingerprint density at radius 3 is 2.75 bits per heavy atom. The fourth-order valence-corrected chi connectivity index (χ4v) is 3.92. The summed E-state index contributed by atoms with van der Waals surface area (Å²) < 4.78 is 4.87. The second kappa shape index (κ2) is 5.09. The van der Waals surface area contributed by atoms with Gasteiger partial charge >= 0.3 is 11.6 Å². The van der Waals surface area contributed by atoms with E-state index in [1.54, 1.807) is 24.4 Å². The maximum absolute atomic E-state index is 13.6. The molecule has 1 saturated heterocycles. The number of esters is 1. The van der Waals surface area contributed by atoms with Crippen LogP contribution in [0.3, 0.4) is 0 Å². The molecule has 1 aromatic carbocycles. The summed E-state index contributed by atoms with van der Waals surface area (Å²) in [5.41, 5.74) is -3.38. The third-order valence-corrected chi connectivity index (χ3v) is 5.20. The highest BCUT2D eigenvalue weighted by molar-refractivity contribution is 5.80. The SMILES string of the molecule is [C-]#[N+]CC1(C(=O)OC)CC2([N+]#[C-])c3ccccc3C=CN2C1(C)[O-]. The molecule has 3 unspecified atom stereocenters. The van der Waals surface area contributed by atoms with Crippen molar-refractivity contribution in [1.29, 1.82) is 0 Å². The summed E-state index contributed by atoms with van der Waals surface area (Å²) in [6.45, 7) is 16.1. The van der Waals surface area contributed by atoms with Gasteiger partial charge < -0.3 is 19.6 Å². The lowest BCUT2D eigenvalue weighted by Crippen LogP contribution is -2.65. The maximum Gasteiger partial charge on any atom is 0.334 e. The van der Waals surface area contributed by atoms with Gasteiger partial charge in [0.2, 0.25) is 6.54 Å². The Balaban J connectivity index is 2.29. The van der Waals surface area contributed by atoms with Gasteiger partial charge in [0.05, 0.1) is 19.1 Å². The average molecular weight is 322 g/mol. The van der Waals surface area contributed by atoms with Gasteiger partial charge in [-0.3, -0.25) is 9.64 Å². The van der Waals surface area contributed by atoms with E-state index in [-0.39, 0.29) is 13.0 Å². The van der Waals surface area contributed by atoms with E-state index in [0.29, 0.717) is 5.56 Å². The fourth-order valence-electron chi connectivity index (χ4n) is 3.92. The van der Waals surface area contributed by atoms with Crippen LogP contribution in [0.4, 0.5) is 0 Å². The van der Waals surface area contributed by atoms with Crippen molar-refractivity contribution >= 4 is 12.0 Å². The van der Waals surface area contributed by atoms with E-state index in [1.807, 2.05) is 12.1 Å². The largest absolute Gasteiger partial charge is 0.833 e. The Labute approximate surface area is 140 Å². The van der Waals surface area contributed by atoms with Gasteiger partial charge in [-0.2, -0.15) is 0 Å². The first-order valence-corrected chi connectivity index (χ1v) is 7.47. The summed E-state index contributed by atoms with van der Waals surface area (Å²) in [6, 6.07) is 7.32. The van der Waals surface area contributed by atoms with Gasteiger partial charge in [0.25, 0.3) is 0 Å². The number of benzene rings is 1. The van der Waals surface area contributed by atoms with Crippen LogP contribution < -0.4 is 5.11 Å². The number of fused-ring (bicyclic) bond motifs is 3. The molecule has 1 aromatic rings. The summed E-state index contributed by atoms with van der Waals surface area (Å²) in [4.78, 5) is 21.0. The Bertz CT molecular complexity index is 818. The van der Waals surface area contributed by atoms with Crippen molar-refractivity contribution in [1.82, 2.24) is 4.90 Å². The highest BCUT2D eigenvalue weighted by atomic mass is 16.5. The van der Waals surface area contributed by atoms with Gasteiger partial charge in [-0.05, 0) is 23.4 Å². The lowest BCUT2D eigenvalue weighted by molar-refractivity contribution is -0.524. The molecular formula is C18H16N3O3-. The Hall–Kier alpha value is -2.83. The Kier molecular flexibility index (Phi) is 3.40. The molecule has 1 fully saturated rings. The van der Waals surface area contributed by atoms with Crippen molar-refractivity contribution in [3.8, 4) is 0 Å². The van der Waals surface area contributed by atoms with Gasteiger partial charge in [0.1, 0.15) is 0 Å². The Morgan fingerprint density at radius 1 is 1.42 bits per heavy atom. The number of hydrogen-bond acceptors (Lipinski definition) is 4. The molecular weight excluding hydrogens is 306 g/mol. The van der Waals surface area contributed by atoms with Gasteiger partial charge in [-0.15, -0.1) is 0 Å². The lowest BCUT2D eigenvalue weighted by atomic mass is 9.75. The Morgan fingerprint density at radius 2 is 2.12 bits per heavy atom. The highest BCUT2D eigenvalue weighted by Gasteiger charge is 2.71. The molecule has 0 spiro atoms. The minimum absolute atomic E-state index is 0.0695. The third-order valence-electron chi connectivity index (χ3n) is 5.20. The molecule has 0 amide bonds. The zero-order valence-electron chi connectivity index (χ0n) is 13.4. The topological polar surface area (TPSA) is 61.3 Å². The molecule has 3 rings (SSSR count). The quantitative estimate of drug-likeness (QED) is 0.613. The molecule has 0 N–H and O–H groups in total. The first kappa shape index (κ1) is 16.0. The van der Waals surface area contributed by atoms with Crippen molar-refractivity contribution in [2.75, 3.05) is 13.7 Å². The zero-order chi connectivity index (χ0) is 17.6. The van der Waals surface area contributed by atoms with Crippen LogP contribution in [0.1, 0.15) is 24.5 Å². The molecule has 0 aliphatic carbocycles. The summed E-state index contributed by atoms with van der Waals surface area (Å²) in [7, 11) is 1.20. The molecule has 24 heavy (non-hydrogen) atoms. The normalized spacial score (nSPS) is 33.1. The molecule has 3 atom stereocenters. The van der Waals surface area contributed by atoms with E-state index in [0.717, 1.165) is 5.56 Å². The van der Waals surface area contributed by atoms with Crippen molar-refractivity contribution in [2.24, 2.45) is 5.41 Å². The number of carbonyl (C=O) groups is 1. The van der Waals surface area contributed by atoms with E-state index >= 15 is 0 Å². The summed E-state index contributed by atoms with van der Waals surface area (Å²) >= 11 is 0. The number of hydrogen-bond donors (Lipinski definition) is 0. The number of rotatable bonds is 2. The molecule has 2 aliphatic heterocycles. The van der Waals surface area contributed by atoms with E-state index < -0.39 is 22.8 Å². The number of carbonyl (C=O) groups excluding carboxylic acids is 1. The van der Waals surface area contributed by atoms with Gasteiger partial charge in [0.15, 0.2) is 5.41 Å². The standard InChI is InChI=1S/C18H16N3O3/c1-16(23)17(12-19-2,15(22)24-4)11-18(20-3)14-8-6-5-7-13(14)9-10-21(16)18/h5-10H,11-12H2,1,4H3/q-1. The van der Waals surface area contributed by atoms with Crippen LogP contribution in [-0.2, 0) is 15.2 Å². The summed E-state index contributed by atoms with van der Waals surface area (Å²) in [5, 5.41) is 13.6. The molecule has 2 aliphatic rings. The minimum atomic E-state index is -1.97. The van der Waals surface area contributed by atoms with Crippen LogP contribution in [-0.4, -0.2) is 30.2 Å². The minimum Gasteiger partial charge on any atom is -0.833 e. The number of methoxy groups -OCH3 is 1. The average Bonchev–Trinajstić information content (AvgIpc) is 2.80. The van der Waals surface area contributed by atoms with E-state index in [2.05, 4.69) is 9.69 Å². The van der Waals surface area contributed by atoms with Crippen LogP contribution >= 0.6 is 0 Å². The molecule has 6 nitrogen and oxygen atoms in total. The van der Waals surface area contributed by atoms with Gasteiger partial charge in [-0.1, -0.05) is 25.1 Å². The zero-order valence-corrected chi connectivity index (χ0v) is 13.4. The highest BCUT2D eigenvalue weighted by Crippen LogP contribution is 2.58. The van der Waals surface area contributed by atoms with Crippen LogP contribution in [0.15, 0.2) is 30.5 Å². The monoisotopic (exact) mass is 322 g/mol. The van der Waals surface area contributed by atoms with E-state index in [1.165, 1.54) is 18.9 Å². The van der Waals surface area contributed by atoms with Crippen molar-refractivity contribution in [3.05, 3.63) is 64.4 Å². The first-order chi connectivity index (χ1) is 11.4. The number of nitrogens with zero attached hydrogens (tertiary/aromatic N) is 3. The van der Waals surface area contributed by atoms with Crippen LogP contribution in [0.25, 0.3) is 15.8 Å². The number of ether oxygens (including phenoxy) is 1. The predicted octanol–water partition coefficient (Wildman–Crippen LogP) is 1.60. The van der Waals surface area contributed by atoms with E-state index in [9.17, 15) is 9.90 Å². The fraction of sp³-hybridized carbons (Fsp3) is 0.389. The predicted molar refractivity (Wildman–Crippen MR) is 84.5 cm³/mol. The van der Waals surface area contributed by atoms with Crippen molar-refractivity contribution in [2.45, 2.75) is 24.7 Å². The van der Waals surface area contributed by atoms with Crippen LogP contribution in [0, 0.1) is 18.6 Å². The smallest absolute Gasteiger partial charge is 0.334 e. The van der Waals surface area contributed by atoms with Crippen LogP contribution in [0.2, 0.25) is 0 Å². The van der Waals surface area contributed by atoms with Gasteiger partial charge in [0, 0.05) is 6.20 Å². The molecule has 2 heterocycles. The molecule has 0 bridgehead atoms. The molecule has 0 radical (unpaired) electrons. The summed E-state index contributed by atoms with van der Waals surface area (Å²) in [5.74, 6) is -0.737. The summed E-state index contributed by atoms with van der Waals surface area (Å²) in [6.07, 6.45) is 3.27. The maximum atomic E-state index is 13.6. The molecule has 6 heteroatoms. The van der Waals surface area contributed by atoms with Crippen molar-refractivity contribution < 1.29 is 14.6 Å². The third kappa shape index (κ3) is 1.69. The first-order valence-electron chi connectivity index (χ1n) is 7.47. The van der Waals surface area contributed by atoms with Crippen molar-refractivity contribution in [3.63, 3.8) is 0 Å². The molecule has 0 aromatic heterocycles. The van der Waals surface area contributed by atoms with Gasteiger partial charge in [-0.25, -0.2) is 13.1 Å².